The predicted octanol–water partition coefficient (Wildman–Crippen LogP) is 4.09. The number of ether oxygens (including phenoxy) is 1. The highest BCUT2D eigenvalue weighted by atomic mass is 19.4. The van der Waals surface area contributed by atoms with Gasteiger partial charge >= 0.3 is 6.18 Å². The van der Waals surface area contributed by atoms with Gasteiger partial charge in [0, 0.05) is 11.3 Å². The molecule has 0 saturated carbocycles. The van der Waals surface area contributed by atoms with Crippen LogP contribution >= 0.6 is 0 Å². The zero-order chi connectivity index (χ0) is 17.4. The molecule has 2 rings (SSSR count). The molecule has 0 spiro atoms. The maximum absolute atomic E-state index is 13.1. The van der Waals surface area contributed by atoms with Gasteiger partial charge in [-0.1, -0.05) is 30.0 Å². The topological polar surface area (TPSA) is 21.3 Å². The lowest BCUT2D eigenvalue weighted by Gasteiger charge is -2.17. The lowest BCUT2D eigenvalue weighted by molar-refractivity contribution is -0.130. The standard InChI is InChI=1S/C19H14F3NO/c1-24-17-13-11-16(12-14-17)23-18(19(20,21)22)10-6-5-9-15-7-3-2-4-8-15/h2-4,7-8,11-14,18,23H,1H3/t18-/m1/s1. The van der Waals surface area contributed by atoms with Crippen LogP contribution in [0.4, 0.5) is 18.9 Å². The molecule has 5 heteroatoms. The van der Waals surface area contributed by atoms with E-state index in [4.69, 9.17) is 4.74 Å². The lowest BCUT2D eigenvalue weighted by Crippen LogP contribution is -2.34. The maximum atomic E-state index is 13.1. The van der Waals surface area contributed by atoms with Gasteiger partial charge in [0.15, 0.2) is 6.04 Å². The summed E-state index contributed by atoms with van der Waals surface area (Å²) in [6.45, 7) is 0. The van der Waals surface area contributed by atoms with Gasteiger partial charge in [-0.15, -0.1) is 0 Å². The van der Waals surface area contributed by atoms with E-state index in [-0.39, 0.29) is 0 Å². The van der Waals surface area contributed by atoms with Gasteiger partial charge in [-0.2, -0.15) is 13.2 Å². The molecule has 24 heavy (non-hydrogen) atoms. The van der Waals surface area contributed by atoms with Crippen LogP contribution in [0.5, 0.6) is 5.75 Å². The first-order valence-electron chi connectivity index (χ1n) is 7.03. The summed E-state index contributed by atoms with van der Waals surface area (Å²) in [6, 6.07) is 13.0. The van der Waals surface area contributed by atoms with E-state index in [9.17, 15) is 13.2 Å². The van der Waals surface area contributed by atoms with Crippen LogP contribution in [0.25, 0.3) is 0 Å². The number of rotatable bonds is 3. The number of hydrogen-bond donors (Lipinski definition) is 1. The highest BCUT2D eigenvalue weighted by Gasteiger charge is 2.38. The van der Waals surface area contributed by atoms with Crippen molar-refractivity contribution < 1.29 is 17.9 Å². The van der Waals surface area contributed by atoms with Crippen molar-refractivity contribution in [1.29, 1.82) is 0 Å². The fraction of sp³-hybridized carbons (Fsp3) is 0.158. The van der Waals surface area contributed by atoms with Crippen molar-refractivity contribution in [3.05, 3.63) is 60.2 Å². The Morgan fingerprint density at radius 2 is 1.62 bits per heavy atom. The maximum Gasteiger partial charge on any atom is 0.420 e. The van der Waals surface area contributed by atoms with Gasteiger partial charge in [-0.3, -0.25) is 0 Å². The van der Waals surface area contributed by atoms with E-state index in [1.54, 1.807) is 36.4 Å². The molecular weight excluding hydrogens is 315 g/mol. The fourth-order valence-electron chi connectivity index (χ4n) is 1.79. The van der Waals surface area contributed by atoms with Gasteiger partial charge in [0.25, 0.3) is 0 Å². The average Bonchev–Trinajstić information content (AvgIpc) is 2.58. The minimum atomic E-state index is -4.51. The Kier molecular flexibility index (Phi) is 5.76. The van der Waals surface area contributed by atoms with Crippen molar-refractivity contribution >= 4 is 5.69 Å². The third-order valence-corrected chi connectivity index (χ3v) is 2.99. The van der Waals surface area contributed by atoms with Gasteiger partial charge in [0.2, 0.25) is 0 Å². The molecule has 2 aromatic rings. The Morgan fingerprint density at radius 3 is 2.21 bits per heavy atom. The Bertz CT molecular complexity index is 775. The smallest absolute Gasteiger partial charge is 0.420 e. The summed E-state index contributed by atoms with van der Waals surface area (Å²) in [6.07, 6.45) is -4.51. The summed E-state index contributed by atoms with van der Waals surface area (Å²) in [5.41, 5.74) is 0.988. The number of alkyl halides is 3. The van der Waals surface area contributed by atoms with Crippen molar-refractivity contribution in [2.45, 2.75) is 12.2 Å². The van der Waals surface area contributed by atoms with E-state index in [0.29, 0.717) is 17.0 Å². The van der Waals surface area contributed by atoms with Gasteiger partial charge in [0.05, 0.1) is 7.11 Å². The predicted molar refractivity (Wildman–Crippen MR) is 87.6 cm³/mol. The molecule has 2 aromatic carbocycles. The summed E-state index contributed by atoms with van der Waals surface area (Å²) in [5, 5.41) is 2.35. The molecule has 0 unspecified atom stereocenters. The third kappa shape index (κ3) is 5.30. The zero-order valence-corrected chi connectivity index (χ0v) is 12.8. The normalized spacial score (nSPS) is 11.3. The highest BCUT2D eigenvalue weighted by molar-refractivity contribution is 5.50. The van der Waals surface area contributed by atoms with Crippen molar-refractivity contribution in [3.8, 4) is 29.4 Å². The monoisotopic (exact) mass is 329 g/mol. The quantitative estimate of drug-likeness (QED) is 0.856. The van der Waals surface area contributed by atoms with Crippen molar-refractivity contribution in [2.75, 3.05) is 12.4 Å². The molecule has 2 nitrogen and oxygen atoms in total. The molecule has 0 amide bonds. The molecular formula is C19H14F3NO. The Morgan fingerprint density at radius 1 is 0.958 bits per heavy atom. The first kappa shape index (κ1) is 17.3. The number of hydrogen-bond acceptors (Lipinski definition) is 2. The molecule has 0 fully saturated rings. The second-order valence-corrected chi connectivity index (χ2v) is 4.73. The summed E-state index contributed by atoms with van der Waals surface area (Å²) in [5.74, 6) is 10.1. The number of halogens is 3. The molecule has 1 N–H and O–H groups in total. The average molecular weight is 329 g/mol. The van der Waals surface area contributed by atoms with E-state index in [1.165, 1.54) is 19.2 Å². The summed E-state index contributed by atoms with van der Waals surface area (Å²) >= 11 is 0. The van der Waals surface area contributed by atoms with Crippen molar-refractivity contribution in [2.24, 2.45) is 0 Å². The number of benzene rings is 2. The highest BCUT2D eigenvalue weighted by Crippen LogP contribution is 2.24. The summed E-state index contributed by atoms with van der Waals surface area (Å²) in [4.78, 5) is 0. The van der Waals surface area contributed by atoms with Crippen LogP contribution in [0, 0.1) is 23.7 Å². The van der Waals surface area contributed by atoms with Crippen molar-refractivity contribution in [3.63, 3.8) is 0 Å². The van der Waals surface area contributed by atoms with E-state index >= 15 is 0 Å². The van der Waals surface area contributed by atoms with Gasteiger partial charge in [0.1, 0.15) is 5.75 Å². The van der Waals surface area contributed by atoms with E-state index in [2.05, 4.69) is 29.0 Å². The largest absolute Gasteiger partial charge is 0.497 e. The molecule has 0 aliphatic heterocycles. The molecule has 0 bridgehead atoms. The third-order valence-electron chi connectivity index (χ3n) is 2.99. The van der Waals surface area contributed by atoms with Crippen LogP contribution in [0.1, 0.15) is 5.56 Å². The van der Waals surface area contributed by atoms with E-state index < -0.39 is 12.2 Å². The molecule has 0 aliphatic carbocycles. The Hall–Kier alpha value is -3.05. The number of methoxy groups -OCH3 is 1. The Balaban J connectivity index is 2.12. The lowest BCUT2D eigenvalue weighted by atomic mass is 10.2. The van der Waals surface area contributed by atoms with Crippen LogP contribution in [0.3, 0.4) is 0 Å². The minimum absolute atomic E-state index is 0.295. The fourth-order valence-corrected chi connectivity index (χ4v) is 1.79. The van der Waals surface area contributed by atoms with Gasteiger partial charge < -0.3 is 10.1 Å². The zero-order valence-electron chi connectivity index (χ0n) is 12.8. The van der Waals surface area contributed by atoms with Crippen LogP contribution in [0.2, 0.25) is 0 Å². The SMILES string of the molecule is COc1ccc(N[C@H](C#CC#Cc2ccccc2)C(F)(F)F)cc1. The summed E-state index contributed by atoms with van der Waals surface area (Å²) in [7, 11) is 1.48. The summed E-state index contributed by atoms with van der Waals surface area (Å²) < 4.78 is 44.2. The van der Waals surface area contributed by atoms with Crippen LogP contribution < -0.4 is 10.1 Å². The second-order valence-electron chi connectivity index (χ2n) is 4.73. The second kappa shape index (κ2) is 7.99. The number of anilines is 1. The minimum Gasteiger partial charge on any atom is -0.497 e. The van der Waals surface area contributed by atoms with Crippen molar-refractivity contribution in [1.82, 2.24) is 0 Å². The number of nitrogens with one attached hydrogen (secondary N) is 1. The molecule has 0 radical (unpaired) electrons. The molecule has 122 valence electrons. The van der Waals surface area contributed by atoms with Gasteiger partial charge in [-0.25, -0.2) is 0 Å². The first-order chi connectivity index (χ1) is 11.5. The van der Waals surface area contributed by atoms with E-state index in [1.807, 2.05) is 6.07 Å². The van der Waals surface area contributed by atoms with Crippen LogP contribution in [0.15, 0.2) is 54.6 Å². The molecule has 0 heterocycles. The van der Waals surface area contributed by atoms with Crippen LogP contribution in [-0.4, -0.2) is 19.3 Å². The van der Waals surface area contributed by atoms with Crippen LogP contribution in [-0.2, 0) is 0 Å². The molecule has 0 aromatic heterocycles. The first-order valence-corrected chi connectivity index (χ1v) is 7.03. The van der Waals surface area contributed by atoms with Gasteiger partial charge in [-0.05, 0) is 48.2 Å². The molecule has 1 atom stereocenters. The Labute approximate surface area is 138 Å². The molecule has 0 saturated heterocycles. The molecule has 0 aliphatic rings. The van der Waals surface area contributed by atoms with E-state index in [0.717, 1.165) is 0 Å².